The lowest BCUT2D eigenvalue weighted by molar-refractivity contribution is -0.314. The Morgan fingerprint density at radius 1 is 0.667 bits per heavy atom. The van der Waals surface area contributed by atoms with Crippen LogP contribution in [0.25, 0.3) is 0 Å². The zero-order chi connectivity index (χ0) is 19.3. The molecule has 3 aromatic rings. The summed E-state index contributed by atoms with van der Waals surface area (Å²) in [5, 5.41) is 2.52. The average molecular weight is 375 g/mol. The maximum atomic E-state index is 15.0. The quantitative estimate of drug-likeness (QED) is 0.500. The van der Waals surface area contributed by atoms with Gasteiger partial charge in [0.2, 0.25) is 0 Å². The number of ether oxygens (including phenoxy) is 1. The molecule has 0 spiro atoms. The van der Waals surface area contributed by atoms with Crippen molar-refractivity contribution in [3.63, 3.8) is 0 Å². The molecule has 27 heavy (non-hydrogen) atoms. The van der Waals surface area contributed by atoms with Crippen molar-refractivity contribution in [1.29, 1.82) is 0 Å². The van der Waals surface area contributed by atoms with Crippen molar-refractivity contribution >= 4 is 5.69 Å². The summed E-state index contributed by atoms with van der Waals surface area (Å²) in [6, 6.07) is 20.2. The molecule has 1 atom stereocenters. The van der Waals surface area contributed by atoms with Crippen molar-refractivity contribution < 1.29 is 22.3 Å². The lowest BCUT2D eigenvalue weighted by Gasteiger charge is -2.34. The van der Waals surface area contributed by atoms with Crippen LogP contribution in [0.3, 0.4) is 0 Å². The van der Waals surface area contributed by atoms with Crippen LogP contribution in [0.15, 0.2) is 91.0 Å². The Bertz CT molecular complexity index is 842. The van der Waals surface area contributed by atoms with Crippen molar-refractivity contribution in [2.45, 2.75) is 18.1 Å². The van der Waals surface area contributed by atoms with Crippen molar-refractivity contribution in [1.82, 2.24) is 0 Å². The van der Waals surface area contributed by atoms with Crippen LogP contribution in [0.4, 0.5) is 23.2 Å². The third-order valence-corrected chi connectivity index (χ3v) is 3.96. The SMILES string of the molecule is FC(F)(Oc1ccccc1)C(F)(F)C(Nc1ccccc1)c1ccccc1. The van der Waals surface area contributed by atoms with Crippen LogP contribution >= 0.6 is 0 Å². The number of alkyl halides is 4. The zero-order valence-corrected chi connectivity index (χ0v) is 14.2. The second-order valence-electron chi connectivity index (χ2n) is 5.91. The third-order valence-electron chi connectivity index (χ3n) is 3.96. The van der Waals surface area contributed by atoms with E-state index in [0.29, 0.717) is 5.69 Å². The second kappa shape index (κ2) is 7.70. The smallest absolute Gasteiger partial charge is 0.428 e. The first-order chi connectivity index (χ1) is 12.9. The number of hydrogen-bond donors (Lipinski definition) is 1. The van der Waals surface area contributed by atoms with Gasteiger partial charge in [0.05, 0.1) is 0 Å². The molecule has 2 nitrogen and oxygen atoms in total. The molecular weight excluding hydrogens is 358 g/mol. The summed E-state index contributed by atoms with van der Waals surface area (Å²) in [7, 11) is 0. The Kier molecular flexibility index (Phi) is 5.35. The molecule has 140 valence electrons. The van der Waals surface area contributed by atoms with Gasteiger partial charge in [-0.1, -0.05) is 66.7 Å². The normalized spacial score (nSPS) is 13.0. The fraction of sp³-hybridized carbons (Fsp3) is 0.143. The van der Waals surface area contributed by atoms with Crippen LogP contribution < -0.4 is 10.1 Å². The maximum Gasteiger partial charge on any atom is 0.466 e. The molecule has 6 heteroatoms. The molecule has 0 saturated heterocycles. The van der Waals surface area contributed by atoms with Crippen LogP contribution in [-0.2, 0) is 0 Å². The van der Waals surface area contributed by atoms with Gasteiger partial charge in [0, 0.05) is 5.69 Å². The fourth-order valence-corrected chi connectivity index (χ4v) is 2.60. The summed E-state index contributed by atoms with van der Waals surface area (Å²) in [5.41, 5.74) is 0.309. The number of rotatable bonds is 7. The number of hydrogen-bond acceptors (Lipinski definition) is 2. The van der Waals surface area contributed by atoms with Crippen molar-refractivity contribution in [2.75, 3.05) is 5.32 Å². The van der Waals surface area contributed by atoms with Gasteiger partial charge in [0.25, 0.3) is 0 Å². The molecule has 0 radical (unpaired) electrons. The van der Waals surface area contributed by atoms with Crippen molar-refractivity contribution in [2.24, 2.45) is 0 Å². The standard InChI is InChI=1S/C21H17F4NO/c22-20(23,21(24,25)27-18-14-8-3-9-15-18)19(16-10-4-1-5-11-16)26-17-12-6-2-7-13-17/h1-15,19,26H. The van der Waals surface area contributed by atoms with E-state index < -0.39 is 18.1 Å². The molecule has 0 fully saturated rings. The van der Waals surface area contributed by atoms with Gasteiger partial charge in [-0.15, -0.1) is 0 Å². The Morgan fingerprint density at radius 2 is 1.15 bits per heavy atom. The second-order valence-corrected chi connectivity index (χ2v) is 5.91. The number of benzene rings is 3. The Morgan fingerprint density at radius 3 is 1.70 bits per heavy atom. The summed E-state index contributed by atoms with van der Waals surface area (Å²) in [6.07, 6.45) is -4.74. The van der Waals surface area contributed by atoms with Gasteiger partial charge in [-0.3, -0.25) is 0 Å². The highest BCUT2D eigenvalue weighted by Gasteiger charge is 2.64. The van der Waals surface area contributed by atoms with E-state index in [1.807, 2.05) is 0 Å². The van der Waals surface area contributed by atoms with Gasteiger partial charge < -0.3 is 10.1 Å². The topological polar surface area (TPSA) is 21.3 Å². The fourth-order valence-electron chi connectivity index (χ4n) is 2.60. The first-order valence-electron chi connectivity index (χ1n) is 8.26. The van der Waals surface area contributed by atoms with Crippen LogP contribution in [0.5, 0.6) is 5.75 Å². The highest BCUT2D eigenvalue weighted by Crippen LogP contribution is 2.46. The minimum absolute atomic E-state index is 0.0164. The van der Waals surface area contributed by atoms with Gasteiger partial charge in [-0.25, -0.2) is 0 Å². The average Bonchev–Trinajstić information content (AvgIpc) is 2.68. The number of halogens is 4. The predicted molar refractivity (Wildman–Crippen MR) is 96.2 cm³/mol. The highest BCUT2D eigenvalue weighted by atomic mass is 19.3. The number of para-hydroxylation sites is 2. The largest absolute Gasteiger partial charge is 0.466 e. The summed E-state index contributed by atoms with van der Waals surface area (Å²) >= 11 is 0. The van der Waals surface area contributed by atoms with Gasteiger partial charge in [-0.05, 0) is 29.8 Å². The lowest BCUT2D eigenvalue weighted by atomic mass is 9.99. The first kappa shape index (κ1) is 18.8. The number of nitrogens with one attached hydrogen (secondary N) is 1. The molecule has 0 aliphatic carbocycles. The van der Waals surface area contributed by atoms with Gasteiger partial charge >= 0.3 is 12.0 Å². The molecule has 0 aliphatic heterocycles. The van der Waals surface area contributed by atoms with Crippen molar-refractivity contribution in [3.05, 3.63) is 96.6 Å². The number of anilines is 1. The van der Waals surface area contributed by atoms with Crippen LogP contribution in [0.1, 0.15) is 11.6 Å². The molecule has 0 heterocycles. The van der Waals surface area contributed by atoms with E-state index in [-0.39, 0.29) is 11.3 Å². The Hall–Kier alpha value is -3.02. The summed E-state index contributed by atoms with van der Waals surface area (Å²) < 4.78 is 63.4. The first-order valence-corrected chi connectivity index (χ1v) is 8.26. The summed E-state index contributed by atoms with van der Waals surface area (Å²) in [4.78, 5) is 0. The van der Waals surface area contributed by atoms with E-state index in [9.17, 15) is 17.6 Å². The van der Waals surface area contributed by atoms with Gasteiger partial charge in [-0.2, -0.15) is 17.6 Å². The molecule has 0 aromatic heterocycles. The van der Waals surface area contributed by atoms with Gasteiger partial charge in [0.15, 0.2) is 0 Å². The summed E-state index contributed by atoms with van der Waals surface area (Å²) in [6.45, 7) is 0. The lowest BCUT2D eigenvalue weighted by Crippen LogP contribution is -2.51. The summed E-state index contributed by atoms with van der Waals surface area (Å²) in [5.74, 6) is -4.88. The maximum absolute atomic E-state index is 15.0. The van der Waals surface area contributed by atoms with Crippen LogP contribution in [0, 0.1) is 0 Å². The molecule has 3 aromatic carbocycles. The van der Waals surface area contributed by atoms with E-state index in [2.05, 4.69) is 10.1 Å². The molecular formula is C21H17F4NO. The van der Waals surface area contributed by atoms with Crippen molar-refractivity contribution in [3.8, 4) is 5.75 Å². The van der Waals surface area contributed by atoms with Crippen LogP contribution in [0.2, 0.25) is 0 Å². The molecule has 1 N–H and O–H groups in total. The van der Waals surface area contributed by atoms with E-state index in [4.69, 9.17) is 0 Å². The van der Waals surface area contributed by atoms with E-state index in [1.54, 1.807) is 30.3 Å². The third kappa shape index (κ3) is 4.22. The molecule has 0 saturated carbocycles. The van der Waals surface area contributed by atoms with Crippen LogP contribution in [-0.4, -0.2) is 12.0 Å². The minimum Gasteiger partial charge on any atom is -0.428 e. The molecule has 0 aliphatic rings. The molecule has 3 rings (SSSR count). The van der Waals surface area contributed by atoms with Gasteiger partial charge in [0.1, 0.15) is 11.8 Å². The zero-order valence-electron chi connectivity index (χ0n) is 14.2. The molecule has 0 bridgehead atoms. The highest BCUT2D eigenvalue weighted by molar-refractivity contribution is 5.46. The monoisotopic (exact) mass is 375 g/mol. The Labute approximate surface area is 154 Å². The van der Waals surface area contributed by atoms with E-state index in [0.717, 1.165) is 0 Å². The minimum atomic E-state index is -4.74. The predicted octanol–water partition coefficient (Wildman–Crippen LogP) is 6.15. The van der Waals surface area contributed by atoms with E-state index >= 15 is 0 Å². The molecule has 1 unspecified atom stereocenters. The molecule has 0 amide bonds. The van der Waals surface area contributed by atoms with E-state index in [1.165, 1.54) is 60.7 Å². The Balaban J connectivity index is 1.96.